The van der Waals surface area contributed by atoms with E-state index >= 15 is 0 Å². The molecule has 1 N–H and O–H groups in total. The molecule has 1 aliphatic rings. The Bertz CT molecular complexity index is 714. The Kier molecular flexibility index (Phi) is 3.98. The molecule has 2 aromatic rings. The lowest BCUT2D eigenvalue weighted by molar-refractivity contribution is 0.0711. The van der Waals surface area contributed by atoms with Crippen LogP contribution in [0.1, 0.15) is 23.0 Å². The van der Waals surface area contributed by atoms with Gasteiger partial charge in [-0.25, -0.2) is 0 Å². The number of hydrogen-bond acceptors (Lipinski definition) is 4. The smallest absolute Gasteiger partial charge is 0.254 e. The van der Waals surface area contributed by atoms with Crippen LogP contribution in [-0.4, -0.2) is 48.6 Å². The van der Waals surface area contributed by atoms with E-state index in [1.807, 2.05) is 36.1 Å². The van der Waals surface area contributed by atoms with Crippen molar-refractivity contribution < 1.29 is 9.53 Å². The van der Waals surface area contributed by atoms with Gasteiger partial charge in [-0.05, 0) is 38.1 Å². The average Bonchev–Trinajstić information content (AvgIpc) is 2.53. The number of aryl methyl sites for hydroxylation is 1. The lowest BCUT2D eigenvalue weighted by atomic mass is 10.1. The van der Waals surface area contributed by atoms with Crippen molar-refractivity contribution in [1.29, 1.82) is 0 Å². The lowest BCUT2D eigenvalue weighted by Crippen LogP contribution is -2.51. The fourth-order valence-corrected chi connectivity index (χ4v) is 2.93. The van der Waals surface area contributed by atoms with Crippen LogP contribution in [0.4, 0.5) is 0 Å². The number of carbonyl (C=O) groups is 1. The molecule has 22 heavy (non-hydrogen) atoms. The molecule has 1 aliphatic heterocycles. The second-order valence-corrected chi connectivity index (χ2v) is 5.80. The van der Waals surface area contributed by atoms with Gasteiger partial charge in [0.25, 0.3) is 5.91 Å². The number of amides is 1. The van der Waals surface area contributed by atoms with Gasteiger partial charge in [-0.2, -0.15) is 0 Å². The highest BCUT2D eigenvalue weighted by molar-refractivity contribution is 6.06. The Hall–Kier alpha value is -2.14. The maximum Gasteiger partial charge on any atom is 0.254 e. The summed E-state index contributed by atoms with van der Waals surface area (Å²) in [5.74, 6) is 0.804. The highest BCUT2D eigenvalue weighted by Crippen LogP contribution is 2.25. The lowest BCUT2D eigenvalue weighted by Gasteiger charge is -2.32. The quantitative estimate of drug-likeness (QED) is 0.921. The Morgan fingerprint density at radius 2 is 2.23 bits per heavy atom. The van der Waals surface area contributed by atoms with Gasteiger partial charge in [-0.15, -0.1) is 0 Å². The van der Waals surface area contributed by atoms with Crippen LogP contribution in [0.2, 0.25) is 0 Å². The number of carbonyl (C=O) groups excluding carboxylic acids is 1. The molecule has 0 radical (unpaired) electrons. The van der Waals surface area contributed by atoms with E-state index in [1.54, 1.807) is 7.11 Å². The molecule has 0 bridgehead atoms. The zero-order valence-electron chi connectivity index (χ0n) is 13.2. The number of nitrogens with zero attached hydrogens (tertiary/aromatic N) is 2. The molecule has 0 unspecified atom stereocenters. The summed E-state index contributed by atoms with van der Waals surface area (Å²) in [5.41, 5.74) is 2.38. The van der Waals surface area contributed by atoms with Crippen LogP contribution < -0.4 is 10.1 Å². The topological polar surface area (TPSA) is 54.5 Å². The molecule has 2 heterocycles. The number of nitrogens with one attached hydrogen (secondary N) is 1. The van der Waals surface area contributed by atoms with E-state index in [1.165, 1.54) is 0 Å². The Labute approximate surface area is 130 Å². The third kappa shape index (κ3) is 2.76. The molecular formula is C17H21N3O2. The van der Waals surface area contributed by atoms with E-state index in [-0.39, 0.29) is 5.91 Å². The van der Waals surface area contributed by atoms with E-state index in [2.05, 4.69) is 17.2 Å². The van der Waals surface area contributed by atoms with E-state index in [0.29, 0.717) is 11.6 Å². The standard InChI is InChI=1S/C17H21N3O2/c1-11-8-15(17(21)20-7-6-18-12(2)10-20)14-9-13(22-3)4-5-16(14)19-11/h4-5,8-9,12,18H,6-7,10H2,1-3H3/t12-/m1/s1. The summed E-state index contributed by atoms with van der Waals surface area (Å²) in [7, 11) is 1.63. The van der Waals surface area contributed by atoms with Gasteiger partial charge in [0.1, 0.15) is 5.75 Å². The molecule has 1 aromatic heterocycles. The number of pyridine rings is 1. The molecule has 0 aliphatic carbocycles. The molecule has 1 amide bonds. The number of hydrogen-bond donors (Lipinski definition) is 1. The fraction of sp³-hybridized carbons (Fsp3) is 0.412. The van der Waals surface area contributed by atoms with Crippen molar-refractivity contribution in [1.82, 2.24) is 15.2 Å². The number of rotatable bonds is 2. The van der Waals surface area contributed by atoms with Gasteiger partial charge in [-0.1, -0.05) is 0 Å². The predicted molar refractivity (Wildman–Crippen MR) is 86.4 cm³/mol. The van der Waals surface area contributed by atoms with E-state index in [4.69, 9.17) is 4.74 Å². The summed E-state index contributed by atoms with van der Waals surface area (Å²) < 4.78 is 5.29. The zero-order valence-corrected chi connectivity index (χ0v) is 13.2. The van der Waals surface area contributed by atoms with Crippen molar-refractivity contribution in [3.8, 4) is 5.75 Å². The Morgan fingerprint density at radius 3 is 2.95 bits per heavy atom. The van der Waals surface area contributed by atoms with Crippen LogP contribution in [0.3, 0.4) is 0 Å². The van der Waals surface area contributed by atoms with Crippen LogP contribution in [0, 0.1) is 6.92 Å². The Morgan fingerprint density at radius 1 is 1.41 bits per heavy atom. The second kappa shape index (κ2) is 5.93. The summed E-state index contributed by atoms with van der Waals surface area (Å²) in [6.07, 6.45) is 0. The fourth-order valence-electron chi connectivity index (χ4n) is 2.93. The molecule has 3 rings (SSSR count). The number of aromatic nitrogens is 1. The van der Waals surface area contributed by atoms with Crippen molar-refractivity contribution in [2.45, 2.75) is 19.9 Å². The van der Waals surface area contributed by atoms with Gasteiger partial charge in [0.05, 0.1) is 18.2 Å². The SMILES string of the molecule is COc1ccc2nc(C)cc(C(=O)N3CCN[C@H](C)C3)c2c1. The van der Waals surface area contributed by atoms with Crippen molar-refractivity contribution >= 4 is 16.8 Å². The summed E-state index contributed by atoms with van der Waals surface area (Å²) in [4.78, 5) is 19.4. The first-order valence-electron chi connectivity index (χ1n) is 7.56. The van der Waals surface area contributed by atoms with Gasteiger partial charge >= 0.3 is 0 Å². The van der Waals surface area contributed by atoms with E-state index < -0.39 is 0 Å². The van der Waals surface area contributed by atoms with Crippen LogP contribution in [0.5, 0.6) is 5.75 Å². The minimum absolute atomic E-state index is 0.0668. The first kappa shape index (κ1) is 14.8. The summed E-state index contributed by atoms with van der Waals surface area (Å²) in [6.45, 7) is 6.30. The summed E-state index contributed by atoms with van der Waals surface area (Å²) in [6, 6.07) is 7.85. The maximum atomic E-state index is 12.9. The number of ether oxygens (including phenoxy) is 1. The summed E-state index contributed by atoms with van der Waals surface area (Å²) in [5, 5.41) is 4.21. The zero-order chi connectivity index (χ0) is 15.7. The molecule has 1 saturated heterocycles. The predicted octanol–water partition coefficient (Wildman–Crippen LogP) is 1.99. The molecule has 1 fully saturated rings. The van der Waals surface area contributed by atoms with Gasteiger partial charge in [0.15, 0.2) is 0 Å². The normalized spacial score (nSPS) is 18.5. The molecule has 0 saturated carbocycles. The Balaban J connectivity index is 2.06. The number of benzene rings is 1. The maximum absolute atomic E-state index is 12.9. The van der Waals surface area contributed by atoms with Crippen molar-refractivity contribution in [2.75, 3.05) is 26.7 Å². The van der Waals surface area contributed by atoms with Crippen molar-refractivity contribution in [3.05, 3.63) is 35.5 Å². The second-order valence-electron chi connectivity index (χ2n) is 5.80. The third-order valence-electron chi connectivity index (χ3n) is 4.03. The first-order chi connectivity index (χ1) is 10.6. The van der Waals surface area contributed by atoms with Crippen LogP contribution >= 0.6 is 0 Å². The minimum Gasteiger partial charge on any atom is -0.497 e. The average molecular weight is 299 g/mol. The molecule has 5 nitrogen and oxygen atoms in total. The molecular weight excluding hydrogens is 278 g/mol. The summed E-state index contributed by atoms with van der Waals surface area (Å²) >= 11 is 0. The van der Waals surface area contributed by atoms with Gasteiger partial charge in [0.2, 0.25) is 0 Å². The number of methoxy groups -OCH3 is 1. The molecule has 1 aromatic carbocycles. The largest absolute Gasteiger partial charge is 0.497 e. The number of piperazine rings is 1. The molecule has 1 atom stereocenters. The van der Waals surface area contributed by atoms with Crippen LogP contribution in [0.15, 0.2) is 24.3 Å². The molecule has 5 heteroatoms. The first-order valence-corrected chi connectivity index (χ1v) is 7.56. The third-order valence-corrected chi connectivity index (χ3v) is 4.03. The van der Waals surface area contributed by atoms with Crippen LogP contribution in [0.25, 0.3) is 10.9 Å². The van der Waals surface area contributed by atoms with Crippen LogP contribution in [-0.2, 0) is 0 Å². The van der Waals surface area contributed by atoms with E-state index in [0.717, 1.165) is 42.0 Å². The van der Waals surface area contributed by atoms with Gasteiger partial charge in [0, 0.05) is 36.8 Å². The monoisotopic (exact) mass is 299 g/mol. The van der Waals surface area contributed by atoms with E-state index in [9.17, 15) is 4.79 Å². The highest BCUT2D eigenvalue weighted by Gasteiger charge is 2.23. The van der Waals surface area contributed by atoms with Crippen molar-refractivity contribution in [2.24, 2.45) is 0 Å². The molecule has 116 valence electrons. The van der Waals surface area contributed by atoms with Crippen molar-refractivity contribution in [3.63, 3.8) is 0 Å². The van der Waals surface area contributed by atoms with Gasteiger partial charge < -0.3 is 15.0 Å². The molecule has 0 spiro atoms. The minimum atomic E-state index is 0.0668. The highest BCUT2D eigenvalue weighted by atomic mass is 16.5. The number of fused-ring (bicyclic) bond motifs is 1. The van der Waals surface area contributed by atoms with Gasteiger partial charge in [-0.3, -0.25) is 9.78 Å².